The SMILES string of the molecule is CCSCCC(C)N1C(=O)C(C(C)(C)C)NC(=O)C1C. The molecule has 1 aliphatic rings. The summed E-state index contributed by atoms with van der Waals surface area (Å²) in [6.07, 6.45) is 0.929. The van der Waals surface area contributed by atoms with Crippen LogP contribution in [0.4, 0.5) is 0 Å². The number of piperazine rings is 1. The van der Waals surface area contributed by atoms with Crippen molar-refractivity contribution < 1.29 is 9.59 Å². The van der Waals surface area contributed by atoms with Gasteiger partial charge in [0.25, 0.3) is 0 Å². The first-order valence-corrected chi connectivity index (χ1v) is 8.56. The molecule has 3 atom stereocenters. The minimum atomic E-state index is -0.424. The monoisotopic (exact) mass is 300 g/mol. The Morgan fingerprint density at radius 3 is 2.45 bits per heavy atom. The molecule has 0 bridgehead atoms. The van der Waals surface area contributed by atoms with Gasteiger partial charge in [0.15, 0.2) is 0 Å². The number of amides is 2. The molecule has 1 rings (SSSR count). The van der Waals surface area contributed by atoms with E-state index in [2.05, 4.69) is 12.2 Å². The third kappa shape index (κ3) is 3.90. The average Bonchev–Trinajstić information content (AvgIpc) is 2.33. The summed E-state index contributed by atoms with van der Waals surface area (Å²) in [7, 11) is 0. The van der Waals surface area contributed by atoms with Gasteiger partial charge in [0, 0.05) is 6.04 Å². The molecular weight excluding hydrogens is 272 g/mol. The van der Waals surface area contributed by atoms with Crippen LogP contribution < -0.4 is 5.32 Å². The lowest BCUT2D eigenvalue weighted by Crippen LogP contribution is -2.67. The van der Waals surface area contributed by atoms with E-state index in [4.69, 9.17) is 0 Å². The van der Waals surface area contributed by atoms with Crippen LogP contribution in [0.5, 0.6) is 0 Å². The van der Waals surface area contributed by atoms with Crippen LogP contribution in [0.15, 0.2) is 0 Å². The maximum atomic E-state index is 12.7. The van der Waals surface area contributed by atoms with Crippen LogP contribution in [-0.2, 0) is 9.59 Å². The highest BCUT2D eigenvalue weighted by Gasteiger charge is 2.44. The Morgan fingerprint density at radius 1 is 1.35 bits per heavy atom. The Bertz CT molecular complexity index is 365. The van der Waals surface area contributed by atoms with Gasteiger partial charge < -0.3 is 10.2 Å². The average molecular weight is 300 g/mol. The van der Waals surface area contributed by atoms with Crippen molar-refractivity contribution in [3.8, 4) is 0 Å². The lowest BCUT2D eigenvalue weighted by molar-refractivity contribution is -0.154. The van der Waals surface area contributed by atoms with Crippen molar-refractivity contribution in [3.63, 3.8) is 0 Å². The predicted molar refractivity (Wildman–Crippen MR) is 84.8 cm³/mol. The summed E-state index contributed by atoms with van der Waals surface area (Å²) >= 11 is 1.87. The number of nitrogens with zero attached hydrogens (tertiary/aromatic N) is 1. The lowest BCUT2D eigenvalue weighted by atomic mass is 9.83. The van der Waals surface area contributed by atoms with Crippen molar-refractivity contribution >= 4 is 23.6 Å². The molecule has 0 spiro atoms. The normalized spacial score (nSPS) is 25.6. The number of carbonyl (C=O) groups is 2. The molecule has 1 saturated heterocycles. The van der Waals surface area contributed by atoms with Crippen molar-refractivity contribution in [2.75, 3.05) is 11.5 Å². The molecule has 20 heavy (non-hydrogen) atoms. The van der Waals surface area contributed by atoms with Gasteiger partial charge in [0.05, 0.1) is 0 Å². The van der Waals surface area contributed by atoms with Gasteiger partial charge in [-0.2, -0.15) is 11.8 Å². The van der Waals surface area contributed by atoms with E-state index in [1.165, 1.54) is 0 Å². The fourth-order valence-corrected chi connectivity index (χ4v) is 3.31. The van der Waals surface area contributed by atoms with Crippen molar-refractivity contribution in [3.05, 3.63) is 0 Å². The molecule has 1 fully saturated rings. The number of carbonyl (C=O) groups excluding carboxylic acids is 2. The number of hydrogen-bond acceptors (Lipinski definition) is 3. The van der Waals surface area contributed by atoms with Gasteiger partial charge in [-0.05, 0) is 37.2 Å². The summed E-state index contributed by atoms with van der Waals surface area (Å²) in [6.45, 7) is 12.0. The molecule has 1 N–H and O–H groups in total. The van der Waals surface area contributed by atoms with Gasteiger partial charge in [0.1, 0.15) is 12.1 Å². The highest BCUT2D eigenvalue weighted by molar-refractivity contribution is 7.99. The lowest BCUT2D eigenvalue weighted by Gasteiger charge is -2.44. The number of rotatable bonds is 5. The van der Waals surface area contributed by atoms with Crippen molar-refractivity contribution in [2.24, 2.45) is 5.41 Å². The molecule has 0 aromatic rings. The molecule has 116 valence electrons. The maximum absolute atomic E-state index is 12.7. The standard InChI is InChI=1S/C15H28N2O2S/c1-7-20-9-8-10(2)17-11(3)13(18)16-12(14(17)19)15(4,5)6/h10-12H,7-9H2,1-6H3,(H,16,18). The molecule has 0 aromatic heterocycles. The molecule has 0 aromatic carbocycles. The van der Waals surface area contributed by atoms with Crippen molar-refractivity contribution in [1.82, 2.24) is 10.2 Å². The minimum Gasteiger partial charge on any atom is -0.342 e. The fraction of sp³-hybridized carbons (Fsp3) is 0.867. The fourth-order valence-electron chi connectivity index (χ4n) is 2.51. The van der Waals surface area contributed by atoms with Crippen molar-refractivity contribution in [2.45, 2.75) is 66.1 Å². The van der Waals surface area contributed by atoms with Crippen LogP contribution in [0.2, 0.25) is 0 Å². The minimum absolute atomic E-state index is 0.0421. The summed E-state index contributed by atoms with van der Waals surface area (Å²) in [5.74, 6) is 2.12. The van der Waals surface area contributed by atoms with Crippen molar-refractivity contribution in [1.29, 1.82) is 0 Å². The molecule has 0 aliphatic carbocycles. The molecule has 4 nitrogen and oxygen atoms in total. The van der Waals surface area contributed by atoms with E-state index in [1.807, 2.05) is 46.4 Å². The van der Waals surface area contributed by atoms with Gasteiger partial charge >= 0.3 is 0 Å². The zero-order valence-corrected chi connectivity index (χ0v) is 14.3. The molecule has 0 radical (unpaired) electrons. The van der Waals surface area contributed by atoms with Crippen LogP contribution in [0.3, 0.4) is 0 Å². The Hall–Kier alpha value is -0.710. The zero-order chi connectivity index (χ0) is 15.5. The summed E-state index contributed by atoms with van der Waals surface area (Å²) in [5.41, 5.74) is -0.261. The van der Waals surface area contributed by atoms with E-state index in [0.717, 1.165) is 17.9 Å². The summed E-state index contributed by atoms with van der Waals surface area (Å²) in [6, 6.07) is -0.692. The second-order valence-electron chi connectivity index (χ2n) is 6.56. The third-order valence-electron chi connectivity index (χ3n) is 3.81. The molecule has 3 unspecified atom stereocenters. The molecule has 0 saturated carbocycles. The predicted octanol–water partition coefficient (Wildman–Crippen LogP) is 2.28. The summed E-state index contributed by atoms with van der Waals surface area (Å²) in [4.78, 5) is 26.6. The summed E-state index contributed by atoms with van der Waals surface area (Å²) < 4.78 is 0. The highest BCUT2D eigenvalue weighted by Crippen LogP contribution is 2.27. The quantitative estimate of drug-likeness (QED) is 0.793. The Balaban J connectivity index is 2.85. The first-order chi connectivity index (χ1) is 9.20. The summed E-state index contributed by atoms with van der Waals surface area (Å²) in [5, 5.41) is 2.87. The van der Waals surface area contributed by atoms with Crippen LogP contribution in [-0.4, -0.2) is 46.3 Å². The van der Waals surface area contributed by atoms with Gasteiger partial charge in [-0.1, -0.05) is 27.7 Å². The molecule has 2 amide bonds. The zero-order valence-electron chi connectivity index (χ0n) is 13.5. The topological polar surface area (TPSA) is 49.4 Å². The van der Waals surface area contributed by atoms with E-state index in [0.29, 0.717) is 0 Å². The largest absolute Gasteiger partial charge is 0.342 e. The molecule has 5 heteroatoms. The first kappa shape index (κ1) is 17.3. The maximum Gasteiger partial charge on any atom is 0.246 e. The van der Waals surface area contributed by atoms with Crippen LogP contribution >= 0.6 is 11.8 Å². The number of thioether (sulfide) groups is 1. The smallest absolute Gasteiger partial charge is 0.246 e. The van der Waals surface area contributed by atoms with E-state index >= 15 is 0 Å². The van der Waals surface area contributed by atoms with E-state index in [1.54, 1.807) is 4.90 Å². The van der Waals surface area contributed by atoms with Crippen LogP contribution in [0, 0.1) is 5.41 Å². The second kappa shape index (κ2) is 6.83. The Morgan fingerprint density at radius 2 is 1.95 bits per heavy atom. The molecular formula is C15H28N2O2S. The van der Waals surface area contributed by atoms with E-state index in [-0.39, 0.29) is 29.3 Å². The Labute approximate surface area is 127 Å². The Kier molecular flexibility index (Phi) is 5.92. The highest BCUT2D eigenvalue weighted by atomic mass is 32.2. The van der Waals surface area contributed by atoms with Crippen LogP contribution in [0.1, 0.15) is 48.0 Å². The third-order valence-corrected chi connectivity index (χ3v) is 4.74. The van der Waals surface area contributed by atoms with Gasteiger partial charge in [-0.3, -0.25) is 9.59 Å². The van der Waals surface area contributed by atoms with Gasteiger partial charge in [-0.15, -0.1) is 0 Å². The van der Waals surface area contributed by atoms with E-state index < -0.39 is 6.04 Å². The first-order valence-electron chi connectivity index (χ1n) is 7.40. The molecule has 1 aliphatic heterocycles. The number of nitrogens with one attached hydrogen (secondary N) is 1. The van der Waals surface area contributed by atoms with Gasteiger partial charge in [0.2, 0.25) is 11.8 Å². The molecule has 1 heterocycles. The van der Waals surface area contributed by atoms with E-state index in [9.17, 15) is 9.59 Å². The number of hydrogen-bond donors (Lipinski definition) is 1. The van der Waals surface area contributed by atoms with Gasteiger partial charge in [-0.25, -0.2) is 0 Å². The second-order valence-corrected chi connectivity index (χ2v) is 7.96. The van der Waals surface area contributed by atoms with Crippen LogP contribution in [0.25, 0.3) is 0 Å².